The van der Waals surface area contributed by atoms with Gasteiger partial charge in [-0.25, -0.2) is 4.98 Å². The highest BCUT2D eigenvalue weighted by atomic mass is 16.5. The summed E-state index contributed by atoms with van der Waals surface area (Å²) in [7, 11) is 0. The van der Waals surface area contributed by atoms with Gasteiger partial charge in [0, 0.05) is 17.7 Å². The van der Waals surface area contributed by atoms with Gasteiger partial charge in [-0.2, -0.15) is 5.26 Å². The topological polar surface area (TPSA) is 45.9 Å². The maximum atomic E-state index is 9.06. The van der Waals surface area contributed by atoms with Gasteiger partial charge in [0.05, 0.1) is 11.6 Å². The molecule has 2 atom stereocenters. The Kier molecular flexibility index (Phi) is 8.71. The maximum absolute atomic E-state index is 9.06. The van der Waals surface area contributed by atoms with Gasteiger partial charge in [0.1, 0.15) is 6.61 Å². The van der Waals surface area contributed by atoms with Crippen LogP contribution in [0.25, 0.3) is 0 Å². The highest BCUT2D eigenvalue weighted by Crippen LogP contribution is 2.39. The van der Waals surface area contributed by atoms with Crippen LogP contribution in [0.4, 0.5) is 0 Å². The van der Waals surface area contributed by atoms with E-state index in [9.17, 15) is 0 Å². The standard InChI is InChI=1S/C28H36N2O/c1-4-10-21(2)17-24-11-7-5-6-8-12-26(24)27-13-9-14-28(30-27)31-20-25-16-15-23(19-29)18-22(25)3/h9-10,13-16,18,24,26H,4-8,11-12,17,20H2,1-3H3/b21-10+. The van der Waals surface area contributed by atoms with E-state index in [-0.39, 0.29) is 0 Å². The number of hydrogen-bond acceptors (Lipinski definition) is 3. The number of hydrogen-bond donors (Lipinski definition) is 0. The van der Waals surface area contributed by atoms with E-state index in [0.717, 1.165) is 17.5 Å². The van der Waals surface area contributed by atoms with Gasteiger partial charge in [-0.15, -0.1) is 0 Å². The first kappa shape index (κ1) is 23.1. The summed E-state index contributed by atoms with van der Waals surface area (Å²) in [6, 6.07) is 14.2. The van der Waals surface area contributed by atoms with Crippen LogP contribution in [0.5, 0.6) is 5.88 Å². The lowest BCUT2D eigenvalue weighted by molar-refractivity contribution is 0.285. The minimum Gasteiger partial charge on any atom is -0.473 e. The third kappa shape index (κ3) is 6.69. The summed E-state index contributed by atoms with van der Waals surface area (Å²) in [6.07, 6.45) is 12.5. The van der Waals surface area contributed by atoms with Crippen LogP contribution in [0.15, 0.2) is 48.0 Å². The minimum atomic E-state index is 0.473. The molecular formula is C28H36N2O. The average Bonchev–Trinajstić information content (AvgIpc) is 2.75. The molecular weight excluding hydrogens is 380 g/mol. The van der Waals surface area contributed by atoms with Crippen molar-refractivity contribution in [2.75, 3.05) is 0 Å². The predicted octanol–water partition coefficient (Wildman–Crippen LogP) is 7.64. The number of nitriles is 1. The second-order valence-electron chi connectivity index (χ2n) is 8.96. The van der Waals surface area contributed by atoms with Crippen molar-refractivity contribution in [3.8, 4) is 11.9 Å². The number of aryl methyl sites for hydroxylation is 1. The van der Waals surface area contributed by atoms with E-state index in [0.29, 0.717) is 29.9 Å². The van der Waals surface area contributed by atoms with E-state index in [1.54, 1.807) is 0 Å². The second kappa shape index (κ2) is 11.7. The van der Waals surface area contributed by atoms with E-state index < -0.39 is 0 Å². The largest absolute Gasteiger partial charge is 0.473 e. The molecule has 164 valence electrons. The van der Waals surface area contributed by atoms with Gasteiger partial charge >= 0.3 is 0 Å². The molecule has 0 amide bonds. The number of nitrogens with zero attached hydrogens (tertiary/aromatic N) is 2. The van der Waals surface area contributed by atoms with Crippen LogP contribution < -0.4 is 4.74 Å². The average molecular weight is 417 g/mol. The molecule has 1 aromatic heterocycles. The van der Waals surface area contributed by atoms with Crippen LogP contribution in [-0.2, 0) is 6.61 Å². The summed E-state index contributed by atoms with van der Waals surface area (Å²) >= 11 is 0. The molecule has 1 saturated carbocycles. The Hall–Kier alpha value is -2.60. The molecule has 31 heavy (non-hydrogen) atoms. The first-order valence-electron chi connectivity index (χ1n) is 11.9. The van der Waals surface area contributed by atoms with Crippen molar-refractivity contribution in [3.63, 3.8) is 0 Å². The van der Waals surface area contributed by atoms with Gasteiger partial charge in [-0.05, 0) is 74.8 Å². The first-order chi connectivity index (χ1) is 15.1. The lowest BCUT2D eigenvalue weighted by atomic mass is 9.76. The monoisotopic (exact) mass is 416 g/mol. The number of ether oxygens (including phenoxy) is 1. The normalized spacial score (nSPS) is 19.9. The van der Waals surface area contributed by atoms with Crippen molar-refractivity contribution in [1.82, 2.24) is 4.98 Å². The quantitative estimate of drug-likeness (QED) is 0.436. The molecule has 1 aliphatic rings. The van der Waals surface area contributed by atoms with Gasteiger partial charge in [0.25, 0.3) is 0 Å². The molecule has 1 heterocycles. The van der Waals surface area contributed by atoms with Crippen LogP contribution in [0.1, 0.15) is 93.5 Å². The molecule has 0 saturated heterocycles. The minimum absolute atomic E-state index is 0.473. The number of benzene rings is 1. The van der Waals surface area contributed by atoms with Crippen LogP contribution in [0.3, 0.4) is 0 Å². The SMILES string of the molecule is CC/C=C(\C)CC1CCCCCCC1c1cccc(OCc2ccc(C#N)cc2C)n1. The Bertz CT molecular complexity index is 925. The Morgan fingerprint density at radius 1 is 1.16 bits per heavy atom. The zero-order valence-electron chi connectivity index (χ0n) is 19.4. The first-order valence-corrected chi connectivity index (χ1v) is 11.9. The number of allylic oxidation sites excluding steroid dienone is 2. The maximum Gasteiger partial charge on any atom is 0.213 e. The molecule has 0 spiro atoms. The summed E-state index contributed by atoms with van der Waals surface area (Å²) in [6.45, 7) is 7.00. The zero-order chi connectivity index (χ0) is 22.1. The van der Waals surface area contributed by atoms with Gasteiger partial charge in [0.15, 0.2) is 0 Å². The second-order valence-corrected chi connectivity index (χ2v) is 8.96. The molecule has 1 aromatic carbocycles. The van der Waals surface area contributed by atoms with Crippen LogP contribution in [0, 0.1) is 24.2 Å². The third-order valence-corrected chi connectivity index (χ3v) is 6.52. The molecule has 0 aliphatic heterocycles. The van der Waals surface area contributed by atoms with Crippen LogP contribution in [-0.4, -0.2) is 4.98 Å². The molecule has 3 rings (SSSR count). The fourth-order valence-electron chi connectivity index (χ4n) is 4.84. The van der Waals surface area contributed by atoms with E-state index >= 15 is 0 Å². The Morgan fingerprint density at radius 3 is 2.71 bits per heavy atom. The fourth-order valence-corrected chi connectivity index (χ4v) is 4.84. The van der Waals surface area contributed by atoms with Gasteiger partial charge in [-0.3, -0.25) is 0 Å². The lowest BCUT2D eigenvalue weighted by Gasteiger charge is -2.29. The molecule has 2 aromatic rings. The lowest BCUT2D eigenvalue weighted by Crippen LogP contribution is -2.17. The summed E-state index contributed by atoms with van der Waals surface area (Å²) in [5.74, 6) is 1.86. The molecule has 1 aliphatic carbocycles. The zero-order valence-corrected chi connectivity index (χ0v) is 19.4. The molecule has 1 fully saturated rings. The van der Waals surface area contributed by atoms with Crippen molar-refractivity contribution < 1.29 is 4.74 Å². The Morgan fingerprint density at radius 2 is 1.97 bits per heavy atom. The molecule has 0 N–H and O–H groups in total. The van der Waals surface area contributed by atoms with Crippen LogP contribution >= 0.6 is 0 Å². The van der Waals surface area contributed by atoms with Crippen molar-refractivity contribution >= 4 is 0 Å². The molecule has 0 bridgehead atoms. The van der Waals surface area contributed by atoms with Gasteiger partial charge in [0.2, 0.25) is 5.88 Å². The summed E-state index contributed by atoms with van der Waals surface area (Å²) in [5.41, 5.74) is 5.56. The molecule has 0 radical (unpaired) electrons. The smallest absolute Gasteiger partial charge is 0.213 e. The molecule has 3 heteroatoms. The third-order valence-electron chi connectivity index (χ3n) is 6.52. The summed E-state index contributed by atoms with van der Waals surface area (Å²) in [4.78, 5) is 4.96. The predicted molar refractivity (Wildman–Crippen MR) is 127 cm³/mol. The van der Waals surface area contributed by atoms with Crippen molar-refractivity contribution in [2.45, 2.75) is 84.7 Å². The molecule has 2 unspecified atom stereocenters. The van der Waals surface area contributed by atoms with Crippen molar-refractivity contribution in [2.24, 2.45) is 5.92 Å². The van der Waals surface area contributed by atoms with E-state index in [1.165, 1.54) is 56.2 Å². The number of aromatic nitrogens is 1. The van der Waals surface area contributed by atoms with Crippen molar-refractivity contribution in [1.29, 1.82) is 5.26 Å². The van der Waals surface area contributed by atoms with E-state index in [4.69, 9.17) is 15.0 Å². The number of rotatable bonds is 7. The van der Waals surface area contributed by atoms with Gasteiger partial charge in [-0.1, -0.05) is 56.4 Å². The highest BCUT2D eigenvalue weighted by molar-refractivity contribution is 5.37. The highest BCUT2D eigenvalue weighted by Gasteiger charge is 2.26. The summed E-state index contributed by atoms with van der Waals surface area (Å²) in [5, 5.41) is 9.06. The Balaban J connectivity index is 1.75. The van der Waals surface area contributed by atoms with Crippen LogP contribution in [0.2, 0.25) is 0 Å². The summed E-state index contributed by atoms with van der Waals surface area (Å²) < 4.78 is 6.08. The number of pyridine rings is 1. The van der Waals surface area contributed by atoms with E-state index in [2.05, 4.69) is 38.1 Å². The fraction of sp³-hybridized carbons (Fsp3) is 0.500. The van der Waals surface area contributed by atoms with Gasteiger partial charge < -0.3 is 4.74 Å². The van der Waals surface area contributed by atoms with E-state index in [1.807, 2.05) is 31.2 Å². The molecule has 3 nitrogen and oxygen atoms in total. The van der Waals surface area contributed by atoms with Crippen molar-refractivity contribution in [3.05, 3.63) is 70.4 Å². The Labute approximate surface area is 188 Å².